The zero-order valence-corrected chi connectivity index (χ0v) is 7.23. The van der Waals surface area contributed by atoms with E-state index in [2.05, 4.69) is 29.1 Å². The predicted molar refractivity (Wildman–Crippen MR) is 46.3 cm³/mol. The molecule has 1 aromatic heterocycles. The van der Waals surface area contributed by atoms with Gasteiger partial charge in [-0.15, -0.1) is 0 Å². The standard InChI is InChI=1S/C9H11N3/c1-6(2)9-7-3-4-10-5-8(7)11-12-9/h3-6,9H,1-2H3. The van der Waals surface area contributed by atoms with Gasteiger partial charge in [0.05, 0.1) is 6.20 Å². The largest absolute Gasteiger partial charge is 0.262 e. The third-order valence-corrected chi connectivity index (χ3v) is 2.07. The molecule has 0 radical (unpaired) electrons. The number of hydrogen-bond acceptors (Lipinski definition) is 3. The van der Waals surface area contributed by atoms with Crippen LogP contribution in [-0.2, 0) is 0 Å². The SMILES string of the molecule is CC(C)C1N=Nc2cnccc21. The molecule has 0 spiro atoms. The number of hydrogen-bond donors (Lipinski definition) is 0. The molecule has 0 saturated carbocycles. The number of aromatic nitrogens is 1. The Labute approximate surface area is 71.6 Å². The van der Waals surface area contributed by atoms with Crippen molar-refractivity contribution in [1.82, 2.24) is 4.98 Å². The van der Waals surface area contributed by atoms with Gasteiger partial charge in [-0.2, -0.15) is 10.2 Å². The van der Waals surface area contributed by atoms with Gasteiger partial charge < -0.3 is 0 Å². The molecule has 2 heterocycles. The Bertz CT molecular complexity index is 317. The number of rotatable bonds is 1. The first-order chi connectivity index (χ1) is 5.79. The van der Waals surface area contributed by atoms with Crippen molar-refractivity contribution in [3.63, 3.8) is 0 Å². The highest BCUT2D eigenvalue weighted by Crippen LogP contribution is 2.38. The summed E-state index contributed by atoms with van der Waals surface area (Å²) in [5, 5.41) is 8.25. The van der Waals surface area contributed by atoms with Crippen LogP contribution in [0.25, 0.3) is 0 Å². The third-order valence-electron chi connectivity index (χ3n) is 2.07. The van der Waals surface area contributed by atoms with Crippen LogP contribution in [-0.4, -0.2) is 4.98 Å². The Kier molecular flexibility index (Phi) is 1.64. The van der Waals surface area contributed by atoms with E-state index in [1.54, 1.807) is 12.4 Å². The van der Waals surface area contributed by atoms with E-state index in [1.165, 1.54) is 5.56 Å². The van der Waals surface area contributed by atoms with Gasteiger partial charge in [0.2, 0.25) is 0 Å². The van der Waals surface area contributed by atoms with Gasteiger partial charge in [0.15, 0.2) is 0 Å². The molecule has 3 heteroatoms. The van der Waals surface area contributed by atoms with Crippen molar-refractivity contribution in [3.05, 3.63) is 24.0 Å². The summed E-state index contributed by atoms with van der Waals surface area (Å²) in [6, 6.07) is 2.24. The van der Waals surface area contributed by atoms with Crippen LogP contribution in [0, 0.1) is 5.92 Å². The van der Waals surface area contributed by atoms with Crippen LogP contribution < -0.4 is 0 Å². The predicted octanol–water partition coefficient (Wildman–Crippen LogP) is 2.88. The van der Waals surface area contributed by atoms with Crippen molar-refractivity contribution in [2.75, 3.05) is 0 Å². The number of pyridine rings is 1. The summed E-state index contributed by atoms with van der Waals surface area (Å²) in [4.78, 5) is 4.00. The molecule has 0 N–H and O–H groups in total. The lowest BCUT2D eigenvalue weighted by Crippen LogP contribution is -2.00. The fourth-order valence-electron chi connectivity index (χ4n) is 1.41. The van der Waals surface area contributed by atoms with Crippen molar-refractivity contribution in [1.29, 1.82) is 0 Å². The lowest BCUT2D eigenvalue weighted by molar-refractivity contribution is 0.515. The van der Waals surface area contributed by atoms with Crippen LogP contribution in [0.3, 0.4) is 0 Å². The molecular formula is C9H11N3. The summed E-state index contributed by atoms with van der Waals surface area (Å²) in [5.74, 6) is 0.511. The molecule has 0 bridgehead atoms. The molecule has 3 nitrogen and oxygen atoms in total. The van der Waals surface area contributed by atoms with E-state index < -0.39 is 0 Å². The average Bonchev–Trinajstić information content (AvgIpc) is 2.47. The Balaban J connectivity index is 2.42. The van der Waals surface area contributed by atoms with Gasteiger partial charge in [-0.1, -0.05) is 13.8 Å². The van der Waals surface area contributed by atoms with E-state index in [9.17, 15) is 0 Å². The van der Waals surface area contributed by atoms with Crippen molar-refractivity contribution in [3.8, 4) is 0 Å². The molecule has 1 unspecified atom stereocenters. The molecule has 0 saturated heterocycles. The topological polar surface area (TPSA) is 37.6 Å². The molecule has 62 valence electrons. The van der Waals surface area contributed by atoms with Crippen molar-refractivity contribution in [2.24, 2.45) is 16.1 Å². The van der Waals surface area contributed by atoms with E-state index in [0.29, 0.717) is 5.92 Å². The second-order valence-electron chi connectivity index (χ2n) is 3.34. The zero-order valence-electron chi connectivity index (χ0n) is 7.23. The fourth-order valence-corrected chi connectivity index (χ4v) is 1.41. The summed E-state index contributed by atoms with van der Waals surface area (Å²) in [7, 11) is 0. The average molecular weight is 161 g/mol. The molecule has 1 aliphatic rings. The lowest BCUT2D eigenvalue weighted by atomic mass is 9.98. The van der Waals surface area contributed by atoms with E-state index in [1.807, 2.05) is 6.07 Å². The van der Waals surface area contributed by atoms with Crippen LogP contribution >= 0.6 is 0 Å². The molecule has 12 heavy (non-hydrogen) atoms. The summed E-state index contributed by atoms with van der Waals surface area (Å²) < 4.78 is 0. The molecule has 2 rings (SSSR count). The van der Waals surface area contributed by atoms with Gasteiger partial charge in [-0.25, -0.2) is 0 Å². The zero-order chi connectivity index (χ0) is 8.55. The lowest BCUT2D eigenvalue weighted by Gasteiger charge is -2.10. The second kappa shape index (κ2) is 2.66. The molecule has 0 aliphatic carbocycles. The van der Waals surface area contributed by atoms with Crippen molar-refractivity contribution >= 4 is 5.69 Å². The van der Waals surface area contributed by atoms with Gasteiger partial charge >= 0.3 is 0 Å². The Hall–Kier alpha value is -1.25. The number of fused-ring (bicyclic) bond motifs is 1. The number of nitrogens with zero attached hydrogens (tertiary/aromatic N) is 3. The highest BCUT2D eigenvalue weighted by Gasteiger charge is 2.22. The monoisotopic (exact) mass is 161 g/mol. The van der Waals surface area contributed by atoms with Crippen LogP contribution in [0.5, 0.6) is 0 Å². The third kappa shape index (κ3) is 1.02. The smallest absolute Gasteiger partial charge is 0.109 e. The minimum absolute atomic E-state index is 0.239. The molecule has 1 aliphatic heterocycles. The van der Waals surface area contributed by atoms with Crippen molar-refractivity contribution < 1.29 is 0 Å². The Morgan fingerprint density at radius 2 is 2.25 bits per heavy atom. The number of azo groups is 1. The van der Waals surface area contributed by atoms with Crippen LogP contribution in [0.2, 0.25) is 0 Å². The van der Waals surface area contributed by atoms with E-state index >= 15 is 0 Å². The van der Waals surface area contributed by atoms with E-state index in [-0.39, 0.29) is 6.04 Å². The summed E-state index contributed by atoms with van der Waals surface area (Å²) in [6.07, 6.45) is 3.56. The normalized spacial score (nSPS) is 20.1. The first-order valence-corrected chi connectivity index (χ1v) is 4.14. The van der Waals surface area contributed by atoms with E-state index in [4.69, 9.17) is 0 Å². The highest BCUT2D eigenvalue weighted by molar-refractivity contribution is 5.47. The minimum atomic E-state index is 0.239. The summed E-state index contributed by atoms with van der Waals surface area (Å²) >= 11 is 0. The minimum Gasteiger partial charge on any atom is -0.262 e. The van der Waals surface area contributed by atoms with Gasteiger partial charge in [-0.05, 0) is 12.0 Å². The van der Waals surface area contributed by atoms with Gasteiger partial charge in [0, 0.05) is 11.8 Å². The first-order valence-electron chi connectivity index (χ1n) is 4.14. The van der Waals surface area contributed by atoms with Gasteiger partial charge in [0.25, 0.3) is 0 Å². The van der Waals surface area contributed by atoms with Crippen LogP contribution in [0.4, 0.5) is 5.69 Å². The van der Waals surface area contributed by atoms with Crippen LogP contribution in [0.1, 0.15) is 25.5 Å². The highest BCUT2D eigenvalue weighted by atomic mass is 15.2. The van der Waals surface area contributed by atoms with Crippen molar-refractivity contribution in [2.45, 2.75) is 19.9 Å². The van der Waals surface area contributed by atoms with E-state index in [0.717, 1.165) is 5.69 Å². The maximum atomic E-state index is 4.19. The quantitative estimate of drug-likeness (QED) is 0.624. The molecule has 1 atom stereocenters. The molecule has 0 amide bonds. The maximum Gasteiger partial charge on any atom is 0.109 e. The first kappa shape index (κ1) is 7.40. The van der Waals surface area contributed by atoms with Gasteiger partial charge in [-0.3, -0.25) is 4.98 Å². The summed E-state index contributed by atoms with van der Waals surface area (Å²) in [5.41, 5.74) is 2.14. The molecule has 0 fully saturated rings. The maximum absolute atomic E-state index is 4.19. The Morgan fingerprint density at radius 1 is 1.42 bits per heavy atom. The molecular weight excluding hydrogens is 150 g/mol. The second-order valence-corrected chi connectivity index (χ2v) is 3.34. The molecule has 0 aromatic carbocycles. The fraction of sp³-hybridized carbons (Fsp3) is 0.444. The Morgan fingerprint density at radius 3 is 3.00 bits per heavy atom. The summed E-state index contributed by atoms with van der Waals surface area (Å²) in [6.45, 7) is 4.30. The van der Waals surface area contributed by atoms with Crippen LogP contribution in [0.15, 0.2) is 28.7 Å². The molecule has 1 aromatic rings. The van der Waals surface area contributed by atoms with Gasteiger partial charge in [0.1, 0.15) is 11.7 Å².